The first-order valence-corrected chi connectivity index (χ1v) is 9.38. The van der Waals surface area contributed by atoms with Crippen LogP contribution in [-0.2, 0) is 10.3 Å². The van der Waals surface area contributed by atoms with Crippen molar-refractivity contribution in [3.05, 3.63) is 17.5 Å². The summed E-state index contributed by atoms with van der Waals surface area (Å²) in [6, 6.07) is 0. The minimum atomic E-state index is -0.117. The molecule has 6 heteroatoms. The van der Waals surface area contributed by atoms with E-state index in [2.05, 4.69) is 37.8 Å². The van der Waals surface area contributed by atoms with Crippen LogP contribution in [0.15, 0.2) is 6.20 Å². The topological polar surface area (TPSA) is 50.6 Å². The standard InChI is InChI=1S/C19H32N4O2/c1-15-16(14-20-23(15)18(2,3)4)17(24)22-9-6-19(21(5)10-11-22)7-12-25-13-8-19/h14H,6-13H2,1-5H3. The van der Waals surface area contributed by atoms with Crippen LogP contribution in [0.1, 0.15) is 56.1 Å². The fraction of sp³-hybridized carbons (Fsp3) is 0.789. The van der Waals surface area contributed by atoms with Crippen molar-refractivity contribution in [2.45, 2.75) is 58.0 Å². The van der Waals surface area contributed by atoms with Crippen LogP contribution in [0.3, 0.4) is 0 Å². The van der Waals surface area contributed by atoms with Crippen molar-refractivity contribution in [2.24, 2.45) is 0 Å². The summed E-state index contributed by atoms with van der Waals surface area (Å²) in [4.78, 5) is 17.6. The number of likely N-dealkylation sites (N-methyl/N-ethyl adjacent to an activating group) is 1. The van der Waals surface area contributed by atoms with Crippen molar-refractivity contribution >= 4 is 5.91 Å². The first-order valence-electron chi connectivity index (χ1n) is 9.38. The van der Waals surface area contributed by atoms with Crippen LogP contribution in [0.2, 0.25) is 0 Å². The van der Waals surface area contributed by atoms with Gasteiger partial charge in [-0.2, -0.15) is 5.10 Å². The molecule has 2 aliphatic heterocycles. The summed E-state index contributed by atoms with van der Waals surface area (Å²) in [5.41, 5.74) is 1.77. The summed E-state index contributed by atoms with van der Waals surface area (Å²) < 4.78 is 7.51. The molecule has 0 bridgehead atoms. The molecule has 0 atom stereocenters. The number of ether oxygens (including phenoxy) is 1. The Labute approximate surface area is 151 Å². The highest BCUT2D eigenvalue weighted by molar-refractivity contribution is 5.95. The summed E-state index contributed by atoms with van der Waals surface area (Å²) in [5.74, 6) is 0.116. The van der Waals surface area contributed by atoms with Crippen molar-refractivity contribution in [2.75, 3.05) is 39.9 Å². The number of aromatic nitrogens is 2. The fourth-order valence-electron chi connectivity index (χ4n) is 4.21. The van der Waals surface area contributed by atoms with Gasteiger partial charge in [-0.25, -0.2) is 0 Å². The summed E-state index contributed by atoms with van der Waals surface area (Å²) >= 11 is 0. The molecular weight excluding hydrogens is 316 g/mol. The van der Waals surface area contributed by atoms with Gasteiger partial charge in [-0.15, -0.1) is 0 Å². The molecule has 3 heterocycles. The van der Waals surface area contributed by atoms with Gasteiger partial charge in [0.15, 0.2) is 0 Å². The number of hydrogen-bond acceptors (Lipinski definition) is 4. The second kappa shape index (κ2) is 6.72. The average Bonchev–Trinajstić information content (AvgIpc) is 2.89. The first-order chi connectivity index (χ1) is 11.7. The van der Waals surface area contributed by atoms with Crippen LogP contribution >= 0.6 is 0 Å². The van der Waals surface area contributed by atoms with Gasteiger partial charge in [-0.1, -0.05) is 0 Å². The lowest BCUT2D eigenvalue weighted by atomic mass is 9.85. The van der Waals surface area contributed by atoms with E-state index < -0.39 is 0 Å². The Hall–Kier alpha value is -1.40. The molecule has 0 N–H and O–H groups in total. The summed E-state index contributed by atoms with van der Waals surface area (Å²) in [6.07, 6.45) is 4.88. The molecule has 2 fully saturated rings. The number of carbonyl (C=O) groups excluding carboxylic acids is 1. The van der Waals surface area contributed by atoms with Crippen LogP contribution in [0.25, 0.3) is 0 Å². The molecule has 140 valence electrons. The number of nitrogens with zero attached hydrogens (tertiary/aromatic N) is 4. The van der Waals surface area contributed by atoms with Gasteiger partial charge in [-0.3, -0.25) is 14.4 Å². The molecule has 1 aromatic rings. The van der Waals surface area contributed by atoms with Crippen LogP contribution in [0, 0.1) is 6.92 Å². The molecule has 0 saturated carbocycles. The Balaban J connectivity index is 1.77. The molecule has 2 saturated heterocycles. The van der Waals surface area contributed by atoms with Gasteiger partial charge < -0.3 is 9.64 Å². The van der Waals surface area contributed by atoms with Gasteiger partial charge in [0.05, 0.1) is 17.3 Å². The molecule has 2 aliphatic rings. The predicted molar refractivity (Wildman–Crippen MR) is 97.9 cm³/mol. The van der Waals surface area contributed by atoms with E-state index in [1.165, 1.54) is 0 Å². The zero-order valence-corrected chi connectivity index (χ0v) is 16.3. The van der Waals surface area contributed by atoms with Crippen LogP contribution in [0.4, 0.5) is 0 Å². The van der Waals surface area contributed by atoms with Crippen LogP contribution in [-0.4, -0.2) is 70.9 Å². The van der Waals surface area contributed by atoms with Crippen molar-refractivity contribution < 1.29 is 9.53 Å². The molecule has 0 unspecified atom stereocenters. The molecule has 1 amide bonds. The zero-order chi connectivity index (χ0) is 18.2. The lowest BCUT2D eigenvalue weighted by molar-refractivity contribution is -0.0158. The maximum atomic E-state index is 13.1. The van der Waals surface area contributed by atoms with Crippen molar-refractivity contribution in [1.29, 1.82) is 0 Å². The van der Waals surface area contributed by atoms with E-state index in [0.717, 1.165) is 63.4 Å². The van der Waals surface area contributed by atoms with E-state index in [0.29, 0.717) is 0 Å². The third-order valence-corrected chi connectivity index (χ3v) is 5.95. The molecule has 3 rings (SSSR count). The highest BCUT2D eigenvalue weighted by atomic mass is 16.5. The molecule has 1 spiro atoms. The number of carbonyl (C=O) groups is 1. The Morgan fingerprint density at radius 1 is 1.16 bits per heavy atom. The third-order valence-electron chi connectivity index (χ3n) is 5.95. The van der Waals surface area contributed by atoms with Gasteiger partial charge in [0, 0.05) is 44.1 Å². The zero-order valence-electron chi connectivity index (χ0n) is 16.3. The van der Waals surface area contributed by atoms with Gasteiger partial charge in [0.2, 0.25) is 0 Å². The Kier molecular flexibility index (Phi) is 4.95. The minimum absolute atomic E-state index is 0.116. The van der Waals surface area contributed by atoms with Gasteiger partial charge in [-0.05, 0) is 54.0 Å². The third kappa shape index (κ3) is 3.47. The lowest BCUT2D eigenvalue weighted by Gasteiger charge is -2.43. The minimum Gasteiger partial charge on any atom is -0.381 e. The number of rotatable bonds is 1. The highest BCUT2D eigenvalue weighted by Gasteiger charge is 2.39. The van der Waals surface area contributed by atoms with Gasteiger partial charge in [0.1, 0.15) is 0 Å². The molecule has 0 radical (unpaired) electrons. The highest BCUT2D eigenvalue weighted by Crippen LogP contribution is 2.32. The Morgan fingerprint density at radius 3 is 2.44 bits per heavy atom. The second-order valence-corrected chi connectivity index (χ2v) is 8.53. The van der Waals surface area contributed by atoms with Crippen molar-refractivity contribution in [3.63, 3.8) is 0 Å². The average molecular weight is 348 g/mol. The monoisotopic (exact) mass is 348 g/mol. The first kappa shape index (κ1) is 18.4. The lowest BCUT2D eigenvalue weighted by Crippen LogP contribution is -2.50. The molecule has 25 heavy (non-hydrogen) atoms. The summed E-state index contributed by atoms with van der Waals surface area (Å²) in [5, 5.41) is 4.47. The van der Waals surface area contributed by atoms with E-state index >= 15 is 0 Å². The Morgan fingerprint density at radius 2 is 1.84 bits per heavy atom. The van der Waals surface area contributed by atoms with Gasteiger partial charge >= 0.3 is 0 Å². The van der Waals surface area contributed by atoms with Gasteiger partial charge in [0.25, 0.3) is 5.91 Å². The van der Waals surface area contributed by atoms with Crippen LogP contribution < -0.4 is 0 Å². The molecule has 1 aromatic heterocycles. The smallest absolute Gasteiger partial charge is 0.257 e. The van der Waals surface area contributed by atoms with Crippen molar-refractivity contribution in [1.82, 2.24) is 19.6 Å². The Bertz CT molecular complexity index is 626. The number of amides is 1. The maximum Gasteiger partial charge on any atom is 0.257 e. The van der Waals surface area contributed by atoms with E-state index in [1.54, 1.807) is 6.20 Å². The van der Waals surface area contributed by atoms with E-state index in [9.17, 15) is 4.79 Å². The molecule has 0 aromatic carbocycles. The van der Waals surface area contributed by atoms with E-state index in [4.69, 9.17) is 4.74 Å². The predicted octanol–water partition coefficient (Wildman–Crippen LogP) is 2.27. The maximum absolute atomic E-state index is 13.1. The van der Waals surface area contributed by atoms with E-state index in [-0.39, 0.29) is 17.0 Å². The second-order valence-electron chi connectivity index (χ2n) is 8.53. The summed E-state index contributed by atoms with van der Waals surface area (Å²) in [6.45, 7) is 12.5. The number of hydrogen-bond donors (Lipinski definition) is 0. The van der Waals surface area contributed by atoms with E-state index in [1.807, 2.05) is 16.5 Å². The fourth-order valence-corrected chi connectivity index (χ4v) is 4.21. The largest absolute Gasteiger partial charge is 0.381 e. The molecule has 6 nitrogen and oxygen atoms in total. The quantitative estimate of drug-likeness (QED) is 0.781. The molecule has 0 aliphatic carbocycles. The van der Waals surface area contributed by atoms with Crippen LogP contribution in [0.5, 0.6) is 0 Å². The normalized spacial score (nSPS) is 22.2. The summed E-state index contributed by atoms with van der Waals surface area (Å²) in [7, 11) is 2.20. The molecular formula is C19H32N4O2. The SMILES string of the molecule is Cc1c(C(=O)N2CCN(C)C3(CCOCC3)CC2)cnn1C(C)(C)C. The van der Waals surface area contributed by atoms with Crippen molar-refractivity contribution in [3.8, 4) is 0 Å².